The maximum absolute atomic E-state index is 14.0. The molecule has 0 aliphatic carbocycles. The van der Waals surface area contributed by atoms with E-state index in [1.165, 1.54) is 7.11 Å². The third kappa shape index (κ3) is 2.79. The van der Waals surface area contributed by atoms with Crippen molar-refractivity contribution in [3.8, 4) is 0 Å². The number of fused-ring (bicyclic) bond motifs is 6. The van der Waals surface area contributed by atoms with Crippen LogP contribution in [0.3, 0.4) is 0 Å². The zero-order valence-corrected chi connectivity index (χ0v) is 18.3. The van der Waals surface area contributed by atoms with Crippen LogP contribution in [-0.4, -0.2) is 28.8 Å². The number of carbonyl (C=O) groups is 2. The number of ether oxygens (including phenoxy) is 1. The molecule has 33 heavy (non-hydrogen) atoms. The number of aromatic nitrogens is 2. The Morgan fingerprint density at radius 1 is 0.727 bits per heavy atom. The molecule has 4 aromatic carbocycles. The van der Waals surface area contributed by atoms with E-state index in [9.17, 15) is 9.59 Å². The van der Waals surface area contributed by atoms with Crippen LogP contribution in [0.15, 0.2) is 72.8 Å². The van der Waals surface area contributed by atoms with Crippen LogP contribution in [0.1, 0.15) is 26.3 Å². The summed E-state index contributed by atoms with van der Waals surface area (Å²) in [5, 5.41) is 3.68. The topological polar surface area (TPSA) is 75.0 Å². The van der Waals surface area contributed by atoms with E-state index >= 15 is 0 Å². The van der Waals surface area contributed by atoms with Crippen LogP contribution in [0.5, 0.6) is 0 Å². The van der Waals surface area contributed by atoms with Crippen molar-refractivity contribution in [2.45, 2.75) is 0 Å². The molecular weight excluding hydrogens is 436 g/mol. The first-order valence-electron chi connectivity index (χ1n) is 10.4. The van der Waals surface area contributed by atoms with Gasteiger partial charge in [0.05, 0.1) is 18.1 Å². The molecule has 0 amide bonds. The minimum Gasteiger partial charge on any atom is -0.465 e. The van der Waals surface area contributed by atoms with Gasteiger partial charge in [-0.3, -0.25) is 4.79 Å². The number of esters is 1. The van der Waals surface area contributed by atoms with Gasteiger partial charge in [0.25, 0.3) is 0 Å². The number of rotatable bonds is 3. The highest BCUT2D eigenvalue weighted by molar-refractivity contribution is 6.36. The number of ketones is 1. The second kappa shape index (κ2) is 7.22. The summed E-state index contributed by atoms with van der Waals surface area (Å²) in [6.07, 6.45) is 0. The van der Waals surface area contributed by atoms with Gasteiger partial charge in [-0.25, -0.2) is 4.79 Å². The number of H-pyrrole nitrogens is 2. The summed E-state index contributed by atoms with van der Waals surface area (Å²) in [5.41, 5.74) is 4.23. The predicted molar refractivity (Wildman–Crippen MR) is 131 cm³/mol. The van der Waals surface area contributed by atoms with Crippen molar-refractivity contribution in [2.75, 3.05) is 7.11 Å². The molecule has 6 aromatic rings. The van der Waals surface area contributed by atoms with Gasteiger partial charge in [-0.2, -0.15) is 0 Å². The highest BCUT2D eigenvalue weighted by atomic mass is 35.5. The number of nitrogens with one attached hydrogen (secondary N) is 2. The van der Waals surface area contributed by atoms with Gasteiger partial charge in [-0.1, -0.05) is 48.0 Å². The van der Waals surface area contributed by atoms with E-state index in [4.69, 9.17) is 16.3 Å². The van der Waals surface area contributed by atoms with Crippen LogP contribution < -0.4 is 0 Å². The van der Waals surface area contributed by atoms with Gasteiger partial charge >= 0.3 is 5.97 Å². The summed E-state index contributed by atoms with van der Waals surface area (Å²) in [5.74, 6) is -0.624. The summed E-state index contributed by atoms with van der Waals surface area (Å²) in [6, 6.07) is 22.3. The van der Waals surface area contributed by atoms with Crippen LogP contribution in [0, 0.1) is 0 Å². The number of aromatic amines is 2. The van der Waals surface area contributed by atoms with Gasteiger partial charge < -0.3 is 14.7 Å². The van der Waals surface area contributed by atoms with Gasteiger partial charge in [-0.15, -0.1) is 0 Å². The van der Waals surface area contributed by atoms with Gasteiger partial charge in [-0.05, 0) is 36.4 Å². The Hall–Kier alpha value is -4.09. The third-order valence-corrected chi connectivity index (χ3v) is 6.39. The van der Waals surface area contributed by atoms with Gasteiger partial charge in [0.15, 0.2) is 5.78 Å². The number of para-hydroxylation sites is 2. The average Bonchev–Trinajstić information content (AvgIpc) is 3.41. The first kappa shape index (κ1) is 19.6. The van der Waals surface area contributed by atoms with Gasteiger partial charge in [0.1, 0.15) is 5.56 Å². The molecular formula is C27H17ClN2O3. The Morgan fingerprint density at radius 3 is 1.76 bits per heavy atom. The standard InChI is InChI=1S/C27H17ClN2O3/c1-33-27(32)23-24-20(16-6-2-4-8-18(16)29-24)22(26(31)14-10-12-15(28)13-11-14)21-17-7-3-5-9-19(17)30-25(21)23/h2-13,29-30H,1H3. The summed E-state index contributed by atoms with van der Waals surface area (Å²) in [4.78, 5) is 33.8. The Morgan fingerprint density at radius 2 is 1.24 bits per heavy atom. The lowest BCUT2D eigenvalue weighted by molar-refractivity contribution is 0.0604. The molecule has 2 heterocycles. The van der Waals surface area contributed by atoms with Crippen molar-refractivity contribution >= 4 is 67.0 Å². The van der Waals surface area contributed by atoms with E-state index in [0.717, 1.165) is 21.8 Å². The molecule has 6 rings (SSSR count). The largest absolute Gasteiger partial charge is 0.465 e. The fourth-order valence-corrected chi connectivity index (χ4v) is 4.83. The van der Waals surface area contributed by atoms with Crippen molar-refractivity contribution in [2.24, 2.45) is 0 Å². The van der Waals surface area contributed by atoms with E-state index in [0.29, 0.717) is 43.5 Å². The number of hydrogen-bond acceptors (Lipinski definition) is 3. The molecule has 0 saturated carbocycles. The lowest BCUT2D eigenvalue weighted by Crippen LogP contribution is -2.08. The van der Waals surface area contributed by atoms with Crippen molar-refractivity contribution in [1.82, 2.24) is 9.97 Å². The molecule has 5 nitrogen and oxygen atoms in total. The lowest BCUT2D eigenvalue weighted by atomic mass is 9.91. The molecule has 0 atom stereocenters. The minimum absolute atomic E-state index is 0.146. The van der Waals surface area contributed by atoms with Crippen LogP contribution >= 0.6 is 11.6 Å². The normalized spacial score (nSPS) is 11.6. The Bertz CT molecular complexity index is 1650. The van der Waals surface area contributed by atoms with Gasteiger partial charge in [0, 0.05) is 48.7 Å². The number of halogens is 1. The van der Waals surface area contributed by atoms with E-state index in [2.05, 4.69) is 9.97 Å². The van der Waals surface area contributed by atoms with Crippen LogP contribution in [0.25, 0.3) is 43.6 Å². The SMILES string of the molecule is COC(=O)c1c2[nH]c3ccccc3c2c(C(=O)c2ccc(Cl)cc2)c2c1[nH]c1ccccc12. The van der Waals surface area contributed by atoms with Crippen LogP contribution in [0.2, 0.25) is 5.02 Å². The molecule has 0 unspecified atom stereocenters. The number of methoxy groups -OCH3 is 1. The first-order chi connectivity index (χ1) is 16.1. The molecule has 0 aliphatic heterocycles. The number of carbonyl (C=O) groups excluding carboxylic acids is 2. The lowest BCUT2D eigenvalue weighted by Gasteiger charge is -2.11. The van der Waals surface area contributed by atoms with Crippen molar-refractivity contribution < 1.29 is 14.3 Å². The summed E-state index contributed by atoms with van der Waals surface area (Å²) in [6.45, 7) is 0. The molecule has 0 aliphatic rings. The smallest absolute Gasteiger partial charge is 0.342 e. The van der Waals surface area contributed by atoms with Crippen molar-refractivity contribution in [1.29, 1.82) is 0 Å². The summed E-state index contributed by atoms with van der Waals surface area (Å²) < 4.78 is 5.16. The Kier molecular flexibility index (Phi) is 4.28. The molecule has 0 fully saturated rings. The summed E-state index contributed by atoms with van der Waals surface area (Å²) in [7, 11) is 1.36. The molecule has 6 heteroatoms. The third-order valence-electron chi connectivity index (χ3n) is 6.14. The fourth-order valence-electron chi connectivity index (χ4n) is 4.71. The molecule has 2 N–H and O–H groups in total. The molecule has 2 aromatic heterocycles. The number of hydrogen-bond donors (Lipinski definition) is 2. The quantitative estimate of drug-likeness (QED) is 0.234. The van der Waals surface area contributed by atoms with Crippen molar-refractivity contribution in [3.05, 3.63) is 94.5 Å². The predicted octanol–water partition coefficient (Wildman–Crippen LogP) is 6.63. The highest BCUT2D eigenvalue weighted by Gasteiger charge is 2.28. The summed E-state index contributed by atoms with van der Waals surface area (Å²) >= 11 is 6.07. The average molecular weight is 453 g/mol. The Labute approximate surface area is 192 Å². The molecule has 0 radical (unpaired) electrons. The van der Waals surface area contributed by atoms with E-state index in [1.54, 1.807) is 24.3 Å². The van der Waals surface area contributed by atoms with Gasteiger partial charge in [0.2, 0.25) is 0 Å². The van der Waals surface area contributed by atoms with Crippen molar-refractivity contribution in [3.63, 3.8) is 0 Å². The zero-order chi connectivity index (χ0) is 22.7. The second-order valence-electron chi connectivity index (χ2n) is 7.92. The maximum atomic E-state index is 14.0. The molecule has 0 bridgehead atoms. The van der Waals surface area contributed by atoms with E-state index < -0.39 is 5.97 Å². The first-order valence-corrected chi connectivity index (χ1v) is 10.8. The maximum Gasteiger partial charge on any atom is 0.342 e. The zero-order valence-electron chi connectivity index (χ0n) is 17.5. The number of benzene rings is 4. The second-order valence-corrected chi connectivity index (χ2v) is 8.36. The highest BCUT2D eigenvalue weighted by Crippen LogP contribution is 2.41. The van der Waals surface area contributed by atoms with E-state index in [1.807, 2.05) is 48.5 Å². The molecule has 0 spiro atoms. The minimum atomic E-state index is -0.478. The fraction of sp³-hybridized carbons (Fsp3) is 0.0370. The van der Waals surface area contributed by atoms with Crippen LogP contribution in [-0.2, 0) is 4.74 Å². The van der Waals surface area contributed by atoms with E-state index in [-0.39, 0.29) is 5.78 Å². The van der Waals surface area contributed by atoms with Crippen LogP contribution in [0.4, 0.5) is 0 Å². The molecule has 0 saturated heterocycles. The molecule has 160 valence electrons. The monoisotopic (exact) mass is 452 g/mol. The Balaban J connectivity index is 1.89.